The van der Waals surface area contributed by atoms with Crippen LogP contribution in [0.2, 0.25) is 0 Å². The van der Waals surface area contributed by atoms with Gasteiger partial charge in [-0.3, -0.25) is 14.5 Å². The molecule has 0 aliphatic carbocycles. The van der Waals surface area contributed by atoms with Gasteiger partial charge in [-0.15, -0.1) is 0 Å². The smallest absolute Gasteiger partial charge is 0.338 e. The molecule has 1 unspecified atom stereocenters. The third-order valence-corrected chi connectivity index (χ3v) is 5.15. The van der Waals surface area contributed by atoms with Crippen molar-refractivity contribution in [1.29, 1.82) is 0 Å². The molecule has 0 saturated carbocycles. The second-order valence-corrected chi connectivity index (χ2v) is 7.27. The van der Waals surface area contributed by atoms with Gasteiger partial charge in [0.2, 0.25) is 5.91 Å². The van der Waals surface area contributed by atoms with E-state index >= 15 is 0 Å². The number of ether oxygens (including phenoxy) is 2. The van der Waals surface area contributed by atoms with Crippen LogP contribution >= 0.6 is 11.8 Å². The maximum atomic E-state index is 12.8. The van der Waals surface area contributed by atoms with E-state index in [0.717, 1.165) is 0 Å². The van der Waals surface area contributed by atoms with E-state index in [1.54, 1.807) is 31.2 Å². The number of hydrogen-bond donors (Lipinski definition) is 0. The number of nitrogens with zero attached hydrogens (tertiary/aromatic N) is 2. The average Bonchev–Trinajstić information content (AvgIpc) is 2.65. The summed E-state index contributed by atoms with van der Waals surface area (Å²) in [5.41, 5.74) is 1.40. The molecular weight excluding hydrogens is 380 g/mol. The zero-order valence-corrected chi connectivity index (χ0v) is 16.5. The first-order chi connectivity index (χ1) is 13.4. The van der Waals surface area contributed by atoms with Gasteiger partial charge in [0, 0.05) is 19.1 Å². The molecule has 2 aliphatic heterocycles. The molecule has 146 valence electrons. The van der Waals surface area contributed by atoms with Gasteiger partial charge in [-0.2, -0.15) is 0 Å². The Labute approximate surface area is 167 Å². The lowest BCUT2D eigenvalue weighted by molar-refractivity contribution is -0.139. The van der Waals surface area contributed by atoms with Crippen molar-refractivity contribution in [3.05, 3.63) is 53.8 Å². The number of thioether (sulfide) groups is 1. The van der Waals surface area contributed by atoms with Gasteiger partial charge in [0.15, 0.2) is 5.17 Å². The van der Waals surface area contributed by atoms with Crippen molar-refractivity contribution in [3.63, 3.8) is 0 Å². The number of esters is 2. The van der Waals surface area contributed by atoms with Gasteiger partial charge >= 0.3 is 11.9 Å². The number of benzene rings is 1. The van der Waals surface area contributed by atoms with E-state index in [9.17, 15) is 14.4 Å². The van der Waals surface area contributed by atoms with Crippen molar-refractivity contribution >= 4 is 34.8 Å². The van der Waals surface area contributed by atoms with Crippen LogP contribution in [0.15, 0.2) is 53.2 Å². The first-order valence-electron chi connectivity index (χ1n) is 8.73. The Balaban J connectivity index is 2.10. The maximum Gasteiger partial charge on any atom is 0.338 e. The molecule has 0 spiro atoms. The molecule has 3 rings (SSSR count). The Hall–Kier alpha value is -2.87. The Morgan fingerprint density at radius 3 is 2.93 bits per heavy atom. The predicted molar refractivity (Wildman–Crippen MR) is 106 cm³/mol. The molecule has 1 fully saturated rings. The molecule has 0 bridgehead atoms. The quantitative estimate of drug-likeness (QED) is 0.429. The molecule has 2 aliphatic rings. The van der Waals surface area contributed by atoms with E-state index in [2.05, 4.69) is 11.6 Å². The van der Waals surface area contributed by atoms with Gasteiger partial charge in [-0.1, -0.05) is 36.5 Å². The molecule has 1 aromatic rings. The largest absolute Gasteiger partial charge is 0.458 e. The lowest BCUT2D eigenvalue weighted by atomic mass is 9.94. The van der Waals surface area contributed by atoms with Gasteiger partial charge in [-0.05, 0) is 24.6 Å². The molecule has 0 radical (unpaired) electrons. The van der Waals surface area contributed by atoms with E-state index in [1.165, 1.54) is 29.7 Å². The number of rotatable bonds is 5. The number of allylic oxidation sites excluding steroid dienone is 1. The first kappa shape index (κ1) is 19.9. The Bertz CT molecular complexity index is 906. The van der Waals surface area contributed by atoms with Crippen LogP contribution in [-0.2, 0) is 19.1 Å². The van der Waals surface area contributed by atoms with Crippen LogP contribution < -0.4 is 4.74 Å². The number of carbonyl (C=O) groups is 3. The summed E-state index contributed by atoms with van der Waals surface area (Å²) in [7, 11) is 0. The average molecular weight is 400 g/mol. The first-order valence-corrected chi connectivity index (χ1v) is 9.71. The molecule has 7 nitrogen and oxygen atoms in total. The number of amidine groups is 1. The van der Waals surface area contributed by atoms with E-state index in [-0.39, 0.29) is 18.1 Å². The van der Waals surface area contributed by atoms with Crippen LogP contribution in [0.4, 0.5) is 0 Å². The monoisotopic (exact) mass is 400 g/mol. The van der Waals surface area contributed by atoms with Crippen LogP contribution in [0.25, 0.3) is 0 Å². The second-order valence-electron chi connectivity index (χ2n) is 6.21. The third-order valence-electron chi connectivity index (χ3n) is 4.19. The summed E-state index contributed by atoms with van der Waals surface area (Å²) in [6, 6.07) is 6.07. The van der Waals surface area contributed by atoms with Gasteiger partial charge in [0.05, 0.1) is 17.3 Å². The van der Waals surface area contributed by atoms with Crippen molar-refractivity contribution in [2.24, 2.45) is 4.99 Å². The Morgan fingerprint density at radius 1 is 1.43 bits per heavy atom. The summed E-state index contributed by atoms with van der Waals surface area (Å²) >= 11 is 1.47. The highest BCUT2D eigenvalue weighted by atomic mass is 32.2. The van der Waals surface area contributed by atoms with Gasteiger partial charge < -0.3 is 9.47 Å². The molecule has 28 heavy (non-hydrogen) atoms. The number of amides is 1. The summed E-state index contributed by atoms with van der Waals surface area (Å²) < 4.78 is 10.4. The van der Waals surface area contributed by atoms with Crippen molar-refractivity contribution in [2.45, 2.75) is 26.3 Å². The lowest BCUT2D eigenvalue weighted by Gasteiger charge is -2.38. The van der Waals surface area contributed by atoms with Crippen LogP contribution in [-0.4, -0.2) is 40.3 Å². The van der Waals surface area contributed by atoms with E-state index < -0.39 is 18.0 Å². The van der Waals surface area contributed by atoms with Crippen molar-refractivity contribution in [1.82, 2.24) is 4.90 Å². The number of carbonyl (C=O) groups excluding carboxylic acids is 3. The summed E-state index contributed by atoms with van der Waals surface area (Å²) in [4.78, 5) is 42.8. The SMILES string of the molecule is C=CCOC(=O)C1=C(C)N=C2SCCC(=O)N2C1c1cccc(OC(C)=O)c1. The standard InChI is InChI=1S/C20H20N2O5S/c1-4-9-26-19(25)17-12(2)21-20-22(16(24)8-10-28-20)18(17)14-6-5-7-15(11-14)27-13(3)23/h4-7,11,18H,1,8-10H2,2-3H3. The summed E-state index contributed by atoms with van der Waals surface area (Å²) in [5, 5.41) is 0.553. The van der Waals surface area contributed by atoms with E-state index in [0.29, 0.717) is 34.4 Å². The number of fused-ring (bicyclic) bond motifs is 1. The Morgan fingerprint density at radius 2 is 2.21 bits per heavy atom. The minimum Gasteiger partial charge on any atom is -0.458 e. The third kappa shape index (κ3) is 4.01. The predicted octanol–water partition coefficient (Wildman–Crippen LogP) is 2.99. The normalized spacial score (nSPS) is 18.9. The zero-order chi connectivity index (χ0) is 20.3. The zero-order valence-electron chi connectivity index (χ0n) is 15.6. The molecule has 0 N–H and O–H groups in total. The maximum absolute atomic E-state index is 12.8. The number of aliphatic imine (C=N–C) groups is 1. The Kier molecular flexibility index (Phi) is 5.99. The van der Waals surface area contributed by atoms with Crippen LogP contribution in [0, 0.1) is 0 Å². The summed E-state index contributed by atoms with van der Waals surface area (Å²) in [6.45, 7) is 6.63. The molecular formula is C20H20N2O5S. The van der Waals surface area contributed by atoms with Gasteiger partial charge in [0.1, 0.15) is 12.4 Å². The van der Waals surface area contributed by atoms with E-state index in [1.807, 2.05) is 0 Å². The molecule has 2 heterocycles. The summed E-state index contributed by atoms with van der Waals surface area (Å²) in [6.07, 6.45) is 1.82. The highest BCUT2D eigenvalue weighted by Gasteiger charge is 2.41. The summed E-state index contributed by atoms with van der Waals surface area (Å²) in [5.74, 6) is -0.168. The molecule has 1 atom stereocenters. The van der Waals surface area contributed by atoms with Crippen molar-refractivity contribution in [3.8, 4) is 5.75 Å². The number of hydrogen-bond acceptors (Lipinski definition) is 7. The van der Waals surface area contributed by atoms with Gasteiger partial charge in [0.25, 0.3) is 0 Å². The van der Waals surface area contributed by atoms with Crippen LogP contribution in [0.5, 0.6) is 5.75 Å². The second kappa shape index (κ2) is 8.43. The molecule has 0 aromatic heterocycles. The van der Waals surface area contributed by atoms with Crippen molar-refractivity contribution in [2.75, 3.05) is 12.4 Å². The van der Waals surface area contributed by atoms with E-state index in [4.69, 9.17) is 9.47 Å². The highest BCUT2D eigenvalue weighted by molar-refractivity contribution is 8.14. The highest BCUT2D eigenvalue weighted by Crippen LogP contribution is 2.41. The molecule has 1 aromatic carbocycles. The lowest BCUT2D eigenvalue weighted by Crippen LogP contribution is -2.45. The van der Waals surface area contributed by atoms with Crippen LogP contribution in [0.3, 0.4) is 0 Å². The fraction of sp³-hybridized carbons (Fsp3) is 0.300. The fourth-order valence-corrected chi connectivity index (χ4v) is 4.11. The fourth-order valence-electron chi connectivity index (χ4n) is 3.10. The molecule has 1 amide bonds. The minimum atomic E-state index is -0.708. The van der Waals surface area contributed by atoms with Crippen LogP contribution in [0.1, 0.15) is 31.9 Å². The minimum absolute atomic E-state index is 0.0507. The van der Waals surface area contributed by atoms with Gasteiger partial charge in [-0.25, -0.2) is 9.79 Å². The molecule has 8 heteroatoms. The van der Waals surface area contributed by atoms with Crippen molar-refractivity contribution < 1.29 is 23.9 Å². The molecule has 1 saturated heterocycles. The topological polar surface area (TPSA) is 85.3 Å².